The Morgan fingerprint density at radius 3 is 2.20 bits per heavy atom. The predicted molar refractivity (Wildman–Crippen MR) is 203 cm³/mol. The standard InChI is InChI=1S/C40H58O12SSi/c1-26-15-17-31(18-16-26)53(42,43)46-25-35-39(33(21-22-44-35)45-24-30-13-11-10-12-14-30)51-37-23-34(49-29(4)41)38(28(3)48-37)50-36-20-19-32(27(2)47-36)52-54(8,9)40(5,6)7/h10-18,21-22,27-28,32-39H,19-20,23-25H2,1-9H3/t27-,28+,32-,33+,34+,35+,36-,37-,38+,39-/m0/s1. The van der Waals surface area contributed by atoms with E-state index in [2.05, 4.69) is 33.9 Å². The zero-order valence-electron chi connectivity index (χ0n) is 33.0. The summed E-state index contributed by atoms with van der Waals surface area (Å²) >= 11 is 0. The van der Waals surface area contributed by atoms with E-state index in [4.69, 9.17) is 41.8 Å². The minimum Gasteiger partial charge on any atom is -0.493 e. The topological polar surface area (TPSA) is 134 Å². The lowest BCUT2D eigenvalue weighted by molar-refractivity contribution is -0.317. The van der Waals surface area contributed by atoms with Crippen LogP contribution >= 0.6 is 0 Å². The lowest BCUT2D eigenvalue weighted by Gasteiger charge is -2.46. The molecule has 2 saturated heterocycles. The molecule has 5 rings (SSSR count). The second-order valence-electron chi connectivity index (χ2n) is 15.9. The number of carbonyl (C=O) groups excluding carboxylic acids is 1. The van der Waals surface area contributed by atoms with E-state index in [-0.39, 0.29) is 41.8 Å². The maximum atomic E-state index is 13.1. The van der Waals surface area contributed by atoms with Crippen molar-refractivity contribution < 1.29 is 55.0 Å². The summed E-state index contributed by atoms with van der Waals surface area (Å²) in [7, 11) is -6.11. The first-order valence-electron chi connectivity index (χ1n) is 18.8. The van der Waals surface area contributed by atoms with Gasteiger partial charge in [-0.3, -0.25) is 8.98 Å². The number of benzene rings is 2. The number of esters is 1. The average molecular weight is 791 g/mol. The number of hydrogen-bond donors (Lipinski definition) is 0. The number of ether oxygens (including phenoxy) is 7. The Labute approximate surface area is 322 Å². The Balaban J connectivity index is 1.28. The third-order valence-corrected chi connectivity index (χ3v) is 16.4. The van der Waals surface area contributed by atoms with Crippen molar-refractivity contribution >= 4 is 24.4 Å². The lowest BCUT2D eigenvalue weighted by Crippen LogP contribution is -2.56. The monoisotopic (exact) mass is 790 g/mol. The van der Waals surface area contributed by atoms with Gasteiger partial charge in [0.1, 0.15) is 31.0 Å². The zero-order valence-corrected chi connectivity index (χ0v) is 34.8. The van der Waals surface area contributed by atoms with Crippen molar-refractivity contribution in [1.82, 2.24) is 0 Å². The average Bonchev–Trinajstić information content (AvgIpc) is 3.09. The van der Waals surface area contributed by atoms with Gasteiger partial charge in [-0.2, -0.15) is 8.42 Å². The van der Waals surface area contributed by atoms with Crippen LogP contribution in [-0.2, 0) is 63.3 Å². The highest BCUT2D eigenvalue weighted by Gasteiger charge is 2.47. The fraction of sp³-hybridized carbons (Fsp3) is 0.625. The molecule has 10 atom stereocenters. The van der Waals surface area contributed by atoms with Crippen molar-refractivity contribution in [2.75, 3.05) is 6.61 Å². The zero-order chi connectivity index (χ0) is 39.3. The minimum atomic E-state index is -4.11. The summed E-state index contributed by atoms with van der Waals surface area (Å²) in [5, 5.41) is 0.0744. The van der Waals surface area contributed by atoms with Gasteiger partial charge in [0.05, 0.1) is 36.1 Å². The largest absolute Gasteiger partial charge is 0.493 e. The summed E-state index contributed by atoms with van der Waals surface area (Å²) in [5.41, 5.74) is 1.87. The summed E-state index contributed by atoms with van der Waals surface area (Å²) in [4.78, 5) is 12.4. The molecule has 2 fully saturated rings. The van der Waals surface area contributed by atoms with Crippen molar-refractivity contribution in [3.63, 3.8) is 0 Å². The van der Waals surface area contributed by atoms with Crippen LogP contribution in [0.5, 0.6) is 0 Å². The number of aryl methyl sites for hydroxylation is 1. The molecule has 0 aromatic heterocycles. The number of hydrogen-bond acceptors (Lipinski definition) is 12. The van der Waals surface area contributed by atoms with Crippen LogP contribution < -0.4 is 0 Å². The van der Waals surface area contributed by atoms with Gasteiger partial charge in [-0.05, 0) is 69.1 Å². The van der Waals surface area contributed by atoms with E-state index in [1.807, 2.05) is 51.1 Å². The van der Waals surface area contributed by atoms with E-state index < -0.39 is 73.6 Å². The highest BCUT2D eigenvalue weighted by atomic mass is 32.2. The third-order valence-electron chi connectivity index (χ3n) is 10.6. The van der Waals surface area contributed by atoms with E-state index >= 15 is 0 Å². The van der Waals surface area contributed by atoms with Gasteiger partial charge in [0.2, 0.25) is 0 Å². The minimum absolute atomic E-state index is 0.0310. The van der Waals surface area contributed by atoms with E-state index in [0.717, 1.165) is 17.5 Å². The predicted octanol–water partition coefficient (Wildman–Crippen LogP) is 6.95. The highest BCUT2D eigenvalue weighted by Crippen LogP contribution is 2.40. The molecule has 2 aromatic carbocycles. The van der Waals surface area contributed by atoms with Gasteiger partial charge >= 0.3 is 5.97 Å². The molecule has 0 aliphatic carbocycles. The van der Waals surface area contributed by atoms with E-state index in [9.17, 15) is 13.2 Å². The molecule has 0 radical (unpaired) electrons. The van der Waals surface area contributed by atoms with Crippen LogP contribution in [0.3, 0.4) is 0 Å². The van der Waals surface area contributed by atoms with Crippen molar-refractivity contribution in [1.29, 1.82) is 0 Å². The Morgan fingerprint density at radius 1 is 0.889 bits per heavy atom. The molecular weight excluding hydrogens is 733 g/mol. The van der Waals surface area contributed by atoms with Gasteiger partial charge in [0, 0.05) is 19.8 Å². The van der Waals surface area contributed by atoms with Gasteiger partial charge in [0.25, 0.3) is 10.1 Å². The molecule has 0 spiro atoms. The van der Waals surface area contributed by atoms with Crippen LogP contribution in [0.1, 0.15) is 71.9 Å². The van der Waals surface area contributed by atoms with Gasteiger partial charge in [-0.1, -0.05) is 68.8 Å². The lowest BCUT2D eigenvalue weighted by atomic mass is 10.0. The Bertz CT molecular complexity index is 1640. The first-order valence-corrected chi connectivity index (χ1v) is 23.1. The van der Waals surface area contributed by atoms with E-state index in [0.29, 0.717) is 6.42 Å². The molecule has 3 aliphatic heterocycles. The van der Waals surface area contributed by atoms with Crippen molar-refractivity contribution in [3.8, 4) is 0 Å². The first kappa shape index (κ1) is 42.5. The van der Waals surface area contributed by atoms with Crippen LogP contribution in [0.15, 0.2) is 71.8 Å². The van der Waals surface area contributed by atoms with Crippen LogP contribution in [0.4, 0.5) is 0 Å². The number of rotatable bonds is 14. The maximum Gasteiger partial charge on any atom is 0.302 e. The second-order valence-corrected chi connectivity index (χ2v) is 22.3. The van der Waals surface area contributed by atoms with E-state index in [1.165, 1.54) is 25.3 Å². The quantitative estimate of drug-likeness (QED) is 0.111. The molecule has 14 heteroatoms. The van der Waals surface area contributed by atoms with Crippen LogP contribution in [-0.4, -0.2) is 90.7 Å². The molecule has 0 bridgehead atoms. The maximum absolute atomic E-state index is 13.1. The summed E-state index contributed by atoms with van der Waals surface area (Å²) in [6.07, 6.45) is -1.34. The van der Waals surface area contributed by atoms with Crippen molar-refractivity contribution in [2.24, 2.45) is 0 Å². The molecule has 12 nitrogen and oxygen atoms in total. The molecule has 3 heterocycles. The van der Waals surface area contributed by atoms with Gasteiger partial charge < -0.3 is 37.6 Å². The Kier molecular flexibility index (Phi) is 14.2. The van der Waals surface area contributed by atoms with Crippen LogP contribution in [0, 0.1) is 6.92 Å². The second kappa shape index (κ2) is 18.1. The van der Waals surface area contributed by atoms with Crippen molar-refractivity contribution in [2.45, 2.75) is 159 Å². The molecule has 2 aromatic rings. The molecule has 3 aliphatic rings. The smallest absolute Gasteiger partial charge is 0.302 e. The van der Waals surface area contributed by atoms with Crippen LogP contribution in [0.25, 0.3) is 0 Å². The SMILES string of the molecule is CC(=O)O[C@@H]1C[C@H](O[C@H]2[C@H](OCc3ccccc3)C=CO[C@@H]2COS(=O)(=O)c2ccc(C)cc2)O[C@H](C)[C@H]1O[C@H]1CC[C@H](O[Si](C)(C)C(C)(C)C)[C@H](C)O1. The molecular formula is C40H58O12SSi. The normalized spacial score (nSPS) is 30.8. The van der Waals surface area contributed by atoms with Crippen molar-refractivity contribution in [3.05, 3.63) is 78.1 Å². The van der Waals surface area contributed by atoms with E-state index in [1.54, 1.807) is 18.2 Å². The Hall–Kier alpha value is -2.66. The fourth-order valence-electron chi connectivity index (χ4n) is 6.47. The fourth-order valence-corrected chi connectivity index (χ4v) is 8.81. The highest BCUT2D eigenvalue weighted by molar-refractivity contribution is 7.86. The molecule has 0 N–H and O–H groups in total. The first-order chi connectivity index (χ1) is 25.4. The van der Waals surface area contributed by atoms with Gasteiger partial charge in [-0.15, -0.1) is 0 Å². The summed E-state index contributed by atoms with van der Waals surface area (Å²) in [6, 6.07) is 16.1. The molecule has 300 valence electrons. The third kappa shape index (κ3) is 11.2. The molecule has 0 amide bonds. The summed E-state index contributed by atoms with van der Waals surface area (Å²) in [5.74, 6) is -0.470. The van der Waals surface area contributed by atoms with Crippen LogP contribution in [0.2, 0.25) is 18.1 Å². The summed E-state index contributed by atoms with van der Waals surface area (Å²) in [6.45, 7) is 18.1. The molecule has 0 unspecified atom stereocenters. The van der Waals surface area contributed by atoms with Gasteiger partial charge in [0.15, 0.2) is 27.0 Å². The molecule has 54 heavy (non-hydrogen) atoms. The Morgan fingerprint density at radius 2 is 1.56 bits per heavy atom. The summed E-state index contributed by atoms with van der Waals surface area (Å²) < 4.78 is 82.3. The number of carbonyl (C=O) groups is 1. The molecule has 0 saturated carbocycles. The van der Waals surface area contributed by atoms with Gasteiger partial charge in [-0.25, -0.2) is 0 Å².